The summed E-state index contributed by atoms with van der Waals surface area (Å²) in [6.07, 6.45) is 1.80. The molecule has 4 heterocycles. The van der Waals surface area contributed by atoms with Gasteiger partial charge in [-0.3, -0.25) is 19.1 Å². The molecule has 2 aliphatic rings. The normalized spacial score (nSPS) is 20.2. The molecule has 1 aromatic carbocycles. The Labute approximate surface area is 267 Å². The molecule has 1 amide bonds. The van der Waals surface area contributed by atoms with Crippen LogP contribution in [-0.2, 0) is 4.79 Å². The molecular formula is C32H32ClF4N7O2. The number of aliphatic imine (C=N–C) groups is 1. The smallest absolute Gasteiger partial charge is 0.272 e. The third kappa shape index (κ3) is 5.18. The molecule has 2 aliphatic heterocycles. The predicted octanol–water partition coefficient (Wildman–Crippen LogP) is 5.63. The van der Waals surface area contributed by atoms with E-state index in [1.807, 2.05) is 26.8 Å². The van der Waals surface area contributed by atoms with E-state index < -0.39 is 51.8 Å². The maximum absolute atomic E-state index is 15.3. The summed E-state index contributed by atoms with van der Waals surface area (Å²) in [7, 11) is 0. The second kappa shape index (κ2) is 12.4. The summed E-state index contributed by atoms with van der Waals surface area (Å²) in [4.78, 5) is 39.4. The molecule has 46 heavy (non-hydrogen) atoms. The molecule has 0 bridgehead atoms. The van der Waals surface area contributed by atoms with Crippen molar-refractivity contribution in [1.82, 2.24) is 14.5 Å². The SMILES string of the molecule is C=CC(=O)N1CCN(c2c(C#N)c(=O)n(C3C(C(C)C)=NCCC3C)c3nc(-c4c(F)c(N)c(F)c(F)c4F)c(Cl)cc23)C[C@H]1C. The Balaban J connectivity index is 1.89. The quantitative estimate of drug-likeness (QED) is 0.125. The molecule has 1 saturated heterocycles. The van der Waals surface area contributed by atoms with Crippen LogP contribution in [0.2, 0.25) is 5.02 Å². The number of nitrogens with zero attached hydrogens (tertiary/aromatic N) is 6. The van der Waals surface area contributed by atoms with Gasteiger partial charge in [0.15, 0.2) is 23.3 Å². The first-order valence-electron chi connectivity index (χ1n) is 14.8. The number of carbonyl (C=O) groups excluding carboxylic acids is 1. The van der Waals surface area contributed by atoms with Crippen molar-refractivity contribution in [3.63, 3.8) is 0 Å². The van der Waals surface area contributed by atoms with Gasteiger partial charge in [-0.25, -0.2) is 22.5 Å². The van der Waals surface area contributed by atoms with Crippen molar-refractivity contribution in [2.75, 3.05) is 36.8 Å². The number of nitrogens with two attached hydrogens (primary N) is 1. The van der Waals surface area contributed by atoms with Gasteiger partial charge in [0, 0.05) is 43.3 Å². The first-order valence-corrected chi connectivity index (χ1v) is 15.2. The summed E-state index contributed by atoms with van der Waals surface area (Å²) in [6.45, 7) is 12.3. The van der Waals surface area contributed by atoms with Crippen molar-refractivity contribution in [2.24, 2.45) is 16.8 Å². The molecule has 0 aliphatic carbocycles. The van der Waals surface area contributed by atoms with E-state index in [1.54, 1.807) is 16.7 Å². The lowest BCUT2D eigenvalue weighted by atomic mass is 9.85. The molecule has 3 atom stereocenters. The number of aromatic nitrogens is 2. The molecule has 3 aromatic rings. The van der Waals surface area contributed by atoms with Crippen molar-refractivity contribution >= 4 is 45.6 Å². The first kappa shape index (κ1) is 32.9. The number of rotatable bonds is 5. The fraction of sp³-hybridized carbons (Fsp3) is 0.406. The van der Waals surface area contributed by atoms with Gasteiger partial charge in [-0.05, 0) is 37.3 Å². The van der Waals surface area contributed by atoms with Gasteiger partial charge in [-0.15, -0.1) is 0 Å². The number of hydrogen-bond donors (Lipinski definition) is 1. The van der Waals surface area contributed by atoms with Crippen LogP contribution in [0, 0.1) is 46.4 Å². The Kier molecular flexibility index (Phi) is 8.88. The summed E-state index contributed by atoms with van der Waals surface area (Å²) in [5.74, 6) is -7.98. The maximum atomic E-state index is 15.3. The lowest BCUT2D eigenvalue weighted by Crippen LogP contribution is -2.54. The molecule has 2 N–H and O–H groups in total. The molecule has 9 nitrogen and oxygen atoms in total. The van der Waals surface area contributed by atoms with Crippen LogP contribution in [0.25, 0.3) is 22.3 Å². The Morgan fingerprint density at radius 2 is 1.87 bits per heavy atom. The number of pyridine rings is 2. The summed E-state index contributed by atoms with van der Waals surface area (Å²) < 4.78 is 60.5. The zero-order valence-electron chi connectivity index (χ0n) is 25.7. The third-order valence-electron chi connectivity index (χ3n) is 8.75. The number of hydrogen-bond acceptors (Lipinski definition) is 7. The number of halogens is 5. The van der Waals surface area contributed by atoms with Crippen LogP contribution in [0.3, 0.4) is 0 Å². The molecule has 2 aromatic heterocycles. The van der Waals surface area contributed by atoms with Gasteiger partial charge in [0.2, 0.25) is 5.91 Å². The highest BCUT2D eigenvalue weighted by Crippen LogP contribution is 2.41. The van der Waals surface area contributed by atoms with E-state index in [1.165, 1.54) is 16.7 Å². The fourth-order valence-electron chi connectivity index (χ4n) is 6.47. The van der Waals surface area contributed by atoms with Crippen LogP contribution in [0.5, 0.6) is 0 Å². The molecule has 0 radical (unpaired) electrons. The minimum absolute atomic E-state index is 0.0927. The maximum Gasteiger partial charge on any atom is 0.272 e. The van der Waals surface area contributed by atoms with Crippen LogP contribution < -0.4 is 16.2 Å². The Bertz CT molecular complexity index is 1890. The van der Waals surface area contributed by atoms with E-state index in [2.05, 4.69) is 11.6 Å². The van der Waals surface area contributed by atoms with Crippen LogP contribution >= 0.6 is 11.6 Å². The number of amides is 1. The summed E-state index contributed by atoms with van der Waals surface area (Å²) in [5.41, 5.74) is 2.26. The minimum atomic E-state index is -2.01. The van der Waals surface area contributed by atoms with Gasteiger partial charge in [-0.1, -0.05) is 39.0 Å². The Morgan fingerprint density at radius 3 is 2.48 bits per heavy atom. The predicted molar refractivity (Wildman–Crippen MR) is 169 cm³/mol. The average molecular weight is 658 g/mol. The van der Waals surface area contributed by atoms with Crippen LogP contribution in [0.4, 0.5) is 28.9 Å². The number of nitriles is 1. The molecule has 14 heteroatoms. The Hall–Kier alpha value is -4.44. The number of piperazine rings is 1. The molecule has 5 rings (SSSR count). The van der Waals surface area contributed by atoms with Gasteiger partial charge >= 0.3 is 0 Å². The first-order chi connectivity index (χ1) is 21.7. The number of benzene rings is 1. The fourth-order valence-corrected chi connectivity index (χ4v) is 6.71. The number of anilines is 2. The minimum Gasteiger partial charge on any atom is -0.394 e. The lowest BCUT2D eigenvalue weighted by Gasteiger charge is -2.41. The highest BCUT2D eigenvalue weighted by atomic mass is 35.5. The van der Waals surface area contributed by atoms with Crippen LogP contribution in [0.1, 0.15) is 45.7 Å². The van der Waals surface area contributed by atoms with Gasteiger partial charge < -0.3 is 15.5 Å². The average Bonchev–Trinajstić information content (AvgIpc) is 3.02. The topological polar surface area (TPSA) is 121 Å². The zero-order valence-corrected chi connectivity index (χ0v) is 26.4. The highest BCUT2D eigenvalue weighted by molar-refractivity contribution is 6.34. The van der Waals surface area contributed by atoms with E-state index in [0.717, 1.165) is 0 Å². The lowest BCUT2D eigenvalue weighted by molar-refractivity contribution is -0.128. The molecular weight excluding hydrogens is 626 g/mol. The monoisotopic (exact) mass is 657 g/mol. The van der Waals surface area contributed by atoms with Gasteiger partial charge in [0.25, 0.3) is 5.56 Å². The second-order valence-electron chi connectivity index (χ2n) is 11.9. The van der Waals surface area contributed by atoms with E-state index in [9.17, 15) is 23.6 Å². The van der Waals surface area contributed by atoms with Crippen LogP contribution in [0.15, 0.2) is 28.5 Å². The second-order valence-corrected chi connectivity index (χ2v) is 12.4. The summed E-state index contributed by atoms with van der Waals surface area (Å²) in [6, 6.07) is 2.30. The molecule has 0 spiro atoms. The number of carbonyl (C=O) groups is 1. The van der Waals surface area contributed by atoms with E-state index in [0.29, 0.717) is 18.7 Å². The molecule has 1 fully saturated rings. The third-order valence-corrected chi connectivity index (χ3v) is 9.03. The molecule has 242 valence electrons. The summed E-state index contributed by atoms with van der Waals surface area (Å²) in [5, 5.41) is 10.3. The van der Waals surface area contributed by atoms with E-state index in [4.69, 9.17) is 22.3 Å². The van der Waals surface area contributed by atoms with Gasteiger partial charge in [-0.2, -0.15) is 5.26 Å². The van der Waals surface area contributed by atoms with Crippen molar-refractivity contribution in [3.8, 4) is 17.3 Å². The van der Waals surface area contributed by atoms with E-state index >= 15 is 8.78 Å². The van der Waals surface area contributed by atoms with Crippen molar-refractivity contribution in [3.05, 3.63) is 62.9 Å². The molecule has 0 saturated carbocycles. The van der Waals surface area contributed by atoms with Crippen LogP contribution in [-0.4, -0.2) is 58.3 Å². The largest absolute Gasteiger partial charge is 0.394 e. The van der Waals surface area contributed by atoms with Gasteiger partial charge in [0.1, 0.15) is 23.0 Å². The zero-order chi connectivity index (χ0) is 33.8. The molecule has 2 unspecified atom stereocenters. The highest BCUT2D eigenvalue weighted by Gasteiger charge is 2.37. The van der Waals surface area contributed by atoms with Crippen molar-refractivity contribution in [1.29, 1.82) is 5.26 Å². The van der Waals surface area contributed by atoms with Crippen molar-refractivity contribution in [2.45, 2.75) is 46.2 Å². The van der Waals surface area contributed by atoms with E-state index in [-0.39, 0.29) is 70.7 Å². The number of nitrogen functional groups attached to an aromatic ring is 1. The number of fused-ring (bicyclic) bond motifs is 1. The Morgan fingerprint density at radius 1 is 1.17 bits per heavy atom. The summed E-state index contributed by atoms with van der Waals surface area (Å²) >= 11 is 6.60. The standard InChI is InChI=1S/C32H32ClF4N7O2/c1-6-20(45)43-10-9-42(13-16(43)5)30-17-11-19(33)28(21-22(34)24(36)25(37)26(39)23(21)35)41-31(17)44(32(46)18(30)12-38)29-15(4)7-8-40-27(29)14(2)3/h6,11,14-16,29H,1,7-10,13,39H2,2-5H3/t15?,16-,29?/m1/s1. The van der Waals surface area contributed by atoms with Gasteiger partial charge in [0.05, 0.1) is 28.0 Å². The van der Waals surface area contributed by atoms with Crippen molar-refractivity contribution < 1.29 is 22.4 Å².